The third-order valence-corrected chi connectivity index (χ3v) is 2.36. The minimum Gasteiger partial charge on any atom is -0.494 e. The van der Waals surface area contributed by atoms with Crippen molar-refractivity contribution in [2.75, 3.05) is 12.9 Å². The molecule has 1 heterocycles. The number of thioether (sulfide) groups is 1. The number of hydrogen-bond acceptors (Lipinski definition) is 4. The molecule has 0 aromatic carbocycles. The van der Waals surface area contributed by atoms with Gasteiger partial charge in [0, 0.05) is 5.75 Å². The molecule has 0 aliphatic carbocycles. The highest BCUT2D eigenvalue weighted by Gasteiger charge is 1.96. The van der Waals surface area contributed by atoms with E-state index in [1.54, 1.807) is 31.3 Å². The van der Waals surface area contributed by atoms with E-state index in [1.165, 1.54) is 0 Å². The molecule has 0 saturated carbocycles. The van der Waals surface area contributed by atoms with Crippen LogP contribution in [0.15, 0.2) is 17.6 Å². The summed E-state index contributed by atoms with van der Waals surface area (Å²) in [7, 11) is 1.61. The summed E-state index contributed by atoms with van der Waals surface area (Å²) in [6.07, 6.45) is 4.51. The number of methoxy groups -OCH3 is 1. The van der Waals surface area contributed by atoms with Gasteiger partial charge in [-0.3, -0.25) is 0 Å². The van der Waals surface area contributed by atoms with Crippen LogP contribution in [0.1, 0.15) is 13.3 Å². The van der Waals surface area contributed by atoms with Gasteiger partial charge < -0.3 is 4.74 Å². The zero-order valence-electron chi connectivity index (χ0n) is 7.28. The Hall–Kier alpha value is -0.770. The van der Waals surface area contributed by atoms with Crippen molar-refractivity contribution in [2.45, 2.75) is 18.5 Å². The van der Waals surface area contributed by atoms with E-state index in [-0.39, 0.29) is 0 Å². The second-order valence-electron chi connectivity index (χ2n) is 2.25. The van der Waals surface area contributed by atoms with Crippen LogP contribution in [0.4, 0.5) is 0 Å². The molecule has 0 fully saturated rings. The molecule has 0 bridgehead atoms. The molecule has 0 unspecified atom stereocenters. The van der Waals surface area contributed by atoms with Gasteiger partial charge in [0.05, 0.1) is 19.5 Å². The van der Waals surface area contributed by atoms with Crippen molar-refractivity contribution >= 4 is 11.8 Å². The Labute approximate surface area is 76.6 Å². The quantitative estimate of drug-likeness (QED) is 0.529. The molecule has 0 saturated heterocycles. The van der Waals surface area contributed by atoms with E-state index < -0.39 is 0 Å². The van der Waals surface area contributed by atoms with Crippen LogP contribution in [-0.2, 0) is 0 Å². The molecule has 0 aliphatic heterocycles. The van der Waals surface area contributed by atoms with Gasteiger partial charge in [-0.1, -0.05) is 18.7 Å². The van der Waals surface area contributed by atoms with E-state index in [4.69, 9.17) is 4.74 Å². The maximum Gasteiger partial charge on any atom is 0.187 e. The van der Waals surface area contributed by atoms with Crippen molar-refractivity contribution in [3.63, 3.8) is 0 Å². The first-order chi connectivity index (χ1) is 5.86. The van der Waals surface area contributed by atoms with E-state index >= 15 is 0 Å². The van der Waals surface area contributed by atoms with E-state index in [2.05, 4.69) is 16.9 Å². The average Bonchev–Trinajstić information content (AvgIpc) is 2.15. The van der Waals surface area contributed by atoms with Crippen LogP contribution in [0.3, 0.4) is 0 Å². The monoisotopic (exact) mass is 184 g/mol. The summed E-state index contributed by atoms with van der Waals surface area (Å²) >= 11 is 1.66. The normalized spacial score (nSPS) is 9.83. The molecule has 0 atom stereocenters. The van der Waals surface area contributed by atoms with Crippen LogP contribution in [0.5, 0.6) is 5.75 Å². The second-order valence-corrected chi connectivity index (χ2v) is 3.32. The van der Waals surface area contributed by atoms with Gasteiger partial charge >= 0.3 is 0 Å². The van der Waals surface area contributed by atoms with Crippen molar-refractivity contribution in [3.05, 3.63) is 12.4 Å². The Balaban J connectivity index is 2.53. The standard InChI is InChI=1S/C8H12N2OS/c1-3-4-12-8-9-5-7(11-2)6-10-8/h5-6H,3-4H2,1-2H3. The molecule has 4 heteroatoms. The molecule has 1 rings (SSSR count). The summed E-state index contributed by atoms with van der Waals surface area (Å²) in [5.74, 6) is 1.77. The van der Waals surface area contributed by atoms with Crippen LogP contribution in [-0.4, -0.2) is 22.8 Å². The van der Waals surface area contributed by atoms with Gasteiger partial charge in [-0.25, -0.2) is 9.97 Å². The Morgan fingerprint density at radius 3 is 2.58 bits per heavy atom. The minimum atomic E-state index is 0.704. The predicted octanol–water partition coefficient (Wildman–Crippen LogP) is 1.99. The fourth-order valence-corrected chi connectivity index (χ4v) is 1.32. The second kappa shape index (κ2) is 4.98. The van der Waals surface area contributed by atoms with Crippen LogP contribution in [0.25, 0.3) is 0 Å². The molecule has 1 aromatic heterocycles. The third kappa shape index (κ3) is 2.70. The van der Waals surface area contributed by atoms with Crippen LogP contribution >= 0.6 is 11.8 Å². The van der Waals surface area contributed by atoms with Crippen LogP contribution in [0, 0.1) is 0 Å². The summed E-state index contributed by atoms with van der Waals surface area (Å²) in [5, 5.41) is 0.817. The van der Waals surface area contributed by atoms with E-state index in [0.29, 0.717) is 5.75 Å². The highest BCUT2D eigenvalue weighted by molar-refractivity contribution is 7.99. The van der Waals surface area contributed by atoms with Gasteiger partial charge in [-0.05, 0) is 6.42 Å². The molecule has 0 aliphatic rings. The third-order valence-electron chi connectivity index (χ3n) is 1.28. The first-order valence-corrected chi connectivity index (χ1v) is 4.84. The maximum atomic E-state index is 4.94. The van der Waals surface area contributed by atoms with Crippen molar-refractivity contribution in [3.8, 4) is 5.75 Å². The molecule has 12 heavy (non-hydrogen) atoms. The Bertz CT molecular complexity index is 225. The van der Waals surface area contributed by atoms with Gasteiger partial charge in [-0.2, -0.15) is 0 Å². The summed E-state index contributed by atoms with van der Waals surface area (Å²) in [4.78, 5) is 8.23. The van der Waals surface area contributed by atoms with Gasteiger partial charge in [0.25, 0.3) is 0 Å². The fourth-order valence-electron chi connectivity index (χ4n) is 0.678. The average molecular weight is 184 g/mol. The SMILES string of the molecule is CCCSc1ncc(OC)cn1. The maximum absolute atomic E-state index is 4.94. The molecule has 1 aromatic rings. The molecule has 0 radical (unpaired) electrons. The van der Waals surface area contributed by atoms with E-state index in [1.807, 2.05) is 0 Å². The number of ether oxygens (including phenoxy) is 1. The van der Waals surface area contributed by atoms with Crippen LogP contribution in [0.2, 0.25) is 0 Å². The van der Waals surface area contributed by atoms with Gasteiger partial charge in [0.1, 0.15) is 0 Å². The zero-order chi connectivity index (χ0) is 8.81. The first-order valence-electron chi connectivity index (χ1n) is 3.85. The lowest BCUT2D eigenvalue weighted by atomic mass is 10.6. The molecule has 0 spiro atoms. The Morgan fingerprint density at radius 2 is 2.08 bits per heavy atom. The van der Waals surface area contributed by atoms with Crippen molar-refractivity contribution in [1.82, 2.24) is 9.97 Å². The summed E-state index contributed by atoms with van der Waals surface area (Å²) in [5.41, 5.74) is 0. The van der Waals surface area contributed by atoms with Crippen molar-refractivity contribution < 1.29 is 4.74 Å². The highest BCUT2D eigenvalue weighted by atomic mass is 32.2. The number of hydrogen-bond donors (Lipinski definition) is 0. The molecular weight excluding hydrogens is 172 g/mol. The van der Waals surface area contributed by atoms with Gasteiger partial charge in [-0.15, -0.1) is 0 Å². The molecular formula is C8H12N2OS. The summed E-state index contributed by atoms with van der Waals surface area (Å²) in [6.45, 7) is 2.14. The van der Waals surface area contributed by atoms with E-state index in [0.717, 1.165) is 17.3 Å². The van der Waals surface area contributed by atoms with Crippen LogP contribution < -0.4 is 4.74 Å². The zero-order valence-corrected chi connectivity index (χ0v) is 8.10. The van der Waals surface area contributed by atoms with Crippen molar-refractivity contribution in [1.29, 1.82) is 0 Å². The molecule has 0 N–H and O–H groups in total. The predicted molar refractivity (Wildman–Crippen MR) is 49.6 cm³/mol. The fraction of sp³-hybridized carbons (Fsp3) is 0.500. The van der Waals surface area contributed by atoms with Crippen molar-refractivity contribution in [2.24, 2.45) is 0 Å². The molecule has 3 nitrogen and oxygen atoms in total. The number of aromatic nitrogens is 2. The first kappa shape index (κ1) is 9.32. The topological polar surface area (TPSA) is 35.0 Å². The lowest BCUT2D eigenvalue weighted by molar-refractivity contribution is 0.409. The molecule has 0 amide bonds. The largest absolute Gasteiger partial charge is 0.494 e. The van der Waals surface area contributed by atoms with Gasteiger partial charge in [0.15, 0.2) is 10.9 Å². The molecule has 66 valence electrons. The Morgan fingerprint density at radius 1 is 1.42 bits per heavy atom. The smallest absolute Gasteiger partial charge is 0.187 e. The lowest BCUT2D eigenvalue weighted by Crippen LogP contribution is -1.89. The Kier molecular flexibility index (Phi) is 3.87. The number of rotatable bonds is 4. The highest BCUT2D eigenvalue weighted by Crippen LogP contribution is 2.14. The lowest BCUT2D eigenvalue weighted by Gasteiger charge is -1.99. The summed E-state index contributed by atoms with van der Waals surface area (Å²) < 4.78 is 4.94. The summed E-state index contributed by atoms with van der Waals surface area (Å²) in [6, 6.07) is 0. The minimum absolute atomic E-state index is 0.704. The van der Waals surface area contributed by atoms with Gasteiger partial charge in [0.2, 0.25) is 0 Å². The van der Waals surface area contributed by atoms with E-state index in [9.17, 15) is 0 Å². The number of nitrogens with zero attached hydrogens (tertiary/aromatic N) is 2.